The molecule has 7 nitrogen and oxygen atoms in total. The highest BCUT2D eigenvalue weighted by molar-refractivity contribution is 5.93. The van der Waals surface area contributed by atoms with Crippen molar-refractivity contribution in [2.75, 3.05) is 31.1 Å². The Morgan fingerprint density at radius 2 is 1.82 bits per heavy atom. The minimum atomic E-state index is -0.697. The molecule has 3 aromatic rings. The van der Waals surface area contributed by atoms with Crippen LogP contribution in [0.2, 0.25) is 0 Å². The van der Waals surface area contributed by atoms with Crippen molar-refractivity contribution in [3.8, 4) is 23.0 Å². The van der Waals surface area contributed by atoms with Crippen molar-refractivity contribution >= 4 is 11.6 Å². The van der Waals surface area contributed by atoms with E-state index >= 15 is 4.39 Å². The van der Waals surface area contributed by atoms with Gasteiger partial charge in [-0.2, -0.15) is 10.4 Å². The number of nitriles is 1. The Morgan fingerprint density at radius 3 is 2.47 bits per heavy atom. The molecular formula is C29H32F2N6O. The number of nitrogens with two attached hydrogens (primary N) is 1. The highest BCUT2D eigenvalue weighted by Gasteiger charge is 2.27. The average Bonchev–Trinajstić information content (AvgIpc) is 3.32. The van der Waals surface area contributed by atoms with Crippen LogP contribution >= 0.6 is 0 Å². The van der Waals surface area contributed by atoms with Gasteiger partial charge in [0, 0.05) is 43.5 Å². The Hall–Kier alpha value is -3.77. The van der Waals surface area contributed by atoms with Crippen molar-refractivity contribution in [1.82, 2.24) is 14.7 Å². The lowest BCUT2D eigenvalue weighted by molar-refractivity contribution is 0.0702. The molecule has 2 aliphatic rings. The Kier molecular flexibility index (Phi) is 7.17. The van der Waals surface area contributed by atoms with Gasteiger partial charge in [-0.1, -0.05) is 19.9 Å². The topological polar surface area (TPSA) is 91.2 Å². The summed E-state index contributed by atoms with van der Waals surface area (Å²) in [6, 6.07) is 12.4. The molecule has 0 radical (unpaired) electrons. The molecule has 0 saturated carbocycles. The number of halogens is 2. The number of carbonyl (C=O) groups excluding carboxylic acids is 1. The molecule has 2 saturated heterocycles. The molecule has 2 aliphatic heterocycles. The van der Waals surface area contributed by atoms with Gasteiger partial charge in [-0.15, -0.1) is 0 Å². The summed E-state index contributed by atoms with van der Waals surface area (Å²) in [5.74, 6) is -0.464. The van der Waals surface area contributed by atoms with E-state index in [1.54, 1.807) is 23.1 Å². The van der Waals surface area contributed by atoms with Gasteiger partial charge in [0.05, 0.1) is 11.3 Å². The van der Waals surface area contributed by atoms with Gasteiger partial charge in [-0.25, -0.2) is 13.5 Å². The van der Waals surface area contributed by atoms with Gasteiger partial charge in [0.25, 0.3) is 5.91 Å². The summed E-state index contributed by atoms with van der Waals surface area (Å²) in [4.78, 5) is 17.2. The lowest BCUT2D eigenvalue weighted by Gasteiger charge is -2.36. The quantitative estimate of drug-likeness (QED) is 0.539. The number of hydrogen-bond donors (Lipinski definition) is 1. The Morgan fingerprint density at radius 1 is 1.05 bits per heavy atom. The van der Waals surface area contributed by atoms with E-state index in [1.807, 2.05) is 12.1 Å². The second kappa shape index (κ2) is 10.5. The molecule has 3 atom stereocenters. The van der Waals surface area contributed by atoms with Crippen molar-refractivity contribution in [3.63, 3.8) is 0 Å². The number of rotatable bonds is 4. The molecule has 3 heterocycles. The van der Waals surface area contributed by atoms with Crippen molar-refractivity contribution < 1.29 is 13.6 Å². The Labute approximate surface area is 221 Å². The van der Waals surface area contributed by atoms with Crippen molar-refractivity contribution in [2.45, 2.75) is 39.2 Å². The molecule has 2 fully saturated rings. The van der Waals surface area contributed by atoms with Crippen LogP contribution in [0.3, 0.4) is 0 Å². The van der Waals surface area contributed by atoms with Crippen LogP contribution in [-0.4, -0.2) is 52.8 Å². The highest BCUT2D eigenvalue weighted by atomic mass is 19.1. The zero-order chi connectivity index (χ0) is 27.0. The van der Waals surface area contributed by atoms with E-state index < -0.39 is 11.6 Å². The molecule has 1 amide bonds. The van der Waals surface area contributed by atoms with Crippen LogP contribution in [0.15, 0.2) is 42.5 Å². The molecule has 0 aliphatic carbocycles. The summed E-state index contributed by atoms with van der Waals surface area (Å²) in [7, 11) is 0. The fraction of sp³-hybridized carbons (Fsp3) is 0.414. The predicted octanol–water partition coefficient (Wildman–Crippen LogP) is 4.73. The molecule has 38 heavy (non-hydrogen) atoms. The Balaban J connectivity index is 1.55. The molecule has 2 aromatic carbocycles. The van der Waals surface area contributed by atoms with Crippen LogP contribution < -0.4 is 10.6 Å². The molecule has 198 valence electrons. The SMILES string of the molecule is CC1CC(C)CN(c2ccc(-n3nc(C(=O)N4CCCC(N)C4)cc3-c3ccc(C#N)c(F)c3)c(F)c2)C1. The largest absolute Gasteiger partial charge is 0.371 e. The van der Waals surface area contributed by atoms with Crippen molar-refractivity contribution in [2.24, 2.45) is 17.6 Å². The summed E-state index contributed by atoms with van der Waals surface area (Å²) in [6.45, 7) is 7.11. The number of carbonyl (C=O) groups is 1. The van der Waals surface area contributed by atoms with E-state index in [2.05, 4.69) is 23.8 Å². The summed E-state index contributed by atoms with van der Waals surface area (Å²) in [5, 5.41) is 13.6. The van der Waals surface area contributed by atoms with E-state index in [4.69, 9.17) is 11.0 Å². The summed E-state index contributed by atoms with van der Waals surface area (Å²) in [5.41, 5.74) is 7.78. The maximum Gasteiger partial charge on any atom is 0.274 e. The first-order valence-electron chi connectivity index (χ1n) is 13.1. The van der Waals surface area contributed by atoms with Crippen LogP contribution in [-0.2, 0) is 0 Å². The maximum absolute atomic E-state index is 15.7. The zero-order valence-electron chi connectivity index (χ0n) is 21.7. The normalized spacial score (nSPS) is 21.8. The number of hydrogen-bond acceptors (Lipinski definition) is 5. The molecule has 0 bridgehead atoms. The molecule has 2 N–H and O–H groups in total. The van der Waals surface area contributed by atoms with Gasteiger partial charge in [0.2, 0.25) is 0 Å². The second-order valence-corrected chi connectivity index (χ2v) is 10.8. The molecule has 1 aromatic heterocycles. The van der Waals surface area contributed by atoms with Crippen molar-refractivity contribution in [3.05, 3.63) is 65.4 Å². The molecule has 0 spiro atoms. The zero-order valence-corrected chi connectivity index (χ0v) is 21.7. The van der Waals surface area contributed by atoms with E-state index in [0.717, 1.165) is 38.0 Å². The van der Waals surface area contributed by atoms with Gasteiger partial charge in [-0.05, 0) is 67.5 Å². The first kappa shape index (κ1) is 25.9. The van der Waals surface area contributed by atoms with Crippen LogP contribution in [0.25, 0.3) is 16.9 Å². The number of benzene rings is 2. The van der Waals surface area contributed by atoms with Gasteiger partial charge in [0.1, 0.15) is 17.6 Å². The first-order chi connectivity index (χ1) is 18.2. The number of piperidine rings is 2. The highest BCUT2D eigenvalue weighted by Crippen LogP contribution is 2.31. The van der Waals surface area contributed by atoms with Gasteiger partial charge in [0.15, 0.2) is 11.5 Å². The predicted molar refractivity (Wildman–Crippen MR) is 142 cm³/mol. The van der Waals surface area contributed by atoms with E-state index in [9.17, 15) is 9.18 Å². The summed E-state index contributed by atoms with van der Waals surface area (Å²) >= 11 is 0. The standard InChI is InChI=1S/C29H32F2N6O/c1-18-10-19(2)16-36(15-18)23-7-8-27(25(31)12-23)37-28(20-5-6-21(14-32)24(30)11-20)13-26(34-37)29(38)35-9-3-4-22(33)17-35/h5-8,11-13,18-19,22H,3-4,9-10,15-17,33H2,1-2H3. The van der Waals surface area contributed by atoms with Crippen LogP contribution in [0.5, 0.6) is 0 Å². The second-order valence-electron chi connectivity index (χ2n) is 10.8. The smallest absolute Gasteiger partial charge is 0.274 e. The van der Waals surface area contributed by atoms with Gasteiger partial charge in [-0.3, -0.25) is 4.79 Å². The van der Waals surface area contributed by atoms with Gasteiger partial charge < -0.3 is 15.5 Å². The number of aromatic nitrogens is 2. The minimum Gasteiger partial charge on any atom is -0.371 e. The molecule has 3 unspecified atom stereocenters. The van der Waals surface area contributed by atoms with Gasteiger partial charge >= 0.3 is 0 Å². The minimum absolute atomic E-state index is 0.0982. The van der Waals surface area contributed by atoms with Crippen LogP contribution in [0.4, 0.5) is 14.5 Å². The first-order valence-corrected chi connectivity index (χ1v) is 13.1. The molecule has 5 rings (SSSR count). The van der Waals surface area contributed by atoms with E-state index in [0.29, 0.717) is 36.2 Å². The fourth-order valence-corrected chi connectivity index (χ4v) is 5.73. The van der Waals surface area contributed by atoms with E-state index in [1.165, 1.54) is 22.9 Å². The Bertz CT molecular complexity index is 1390. The third-order valence-electron chi connectivity index (χ3n) is 7.45. The summed E-state index contributed by atoms with van der Waals surface area (Å²) < 4.78 is 31.6. The van der Waals surface area contributed by atoms with Crippen LogP contribution in [0, 0.1) is 34.8 Å². The average molecular weight is 519 g/mol. The number of amides is 1. The number of anilines is 1. The number of nitrogens with zero attached hydrogens (tertiary/aromatic N) is 5. The lowest BCUT2D eigenvalue weighted by Crippen LogP contribution is -2.45. The number of likely N-dealkylation sites (tertiary alicyclic amines) is 1. The third-order valence-corrected chi connectivity index (χ3v) is 7.45. The fourth-order valence-electron chi connectivity index (χ4n) is 5.73. The summed E-state index contributed by atoms with van der Waals surface area (Å²) in [6.07, 6.45) is 2.79. The third kappa shape index (κ3) is 5.14. The van der Waals surface area contributed by atoms with E-state index in [-0.39, 0.29) is 28.9 Å². The maximum atomic E-state index is 15.7. The van der Waals surface area contributed by atoms with Crippen molar-refractivity contribution in [1.29, 1.82) is 5.26 Å². The lowest BCUT2D eigenvalue weighted by atomic mass is 9.91. The van der Waals surface area contributed by atoms with Crippen LogP contribution in [0.1, 0.15) is 49.2 Å². The monoisotopic (exact) mass is 518 g/mol. The molecular weight excluding hydrogens is 486 g/mol. The molecule has 9 heteroatoms.